The van der Waals surface area contributed by atoms with Crippen molar-refractivity contribution in [1.29, 1.82) is 0 Å². The van der Waals surface area contributed by atoms with Gasteiger partial charge in [0.2, 0.25) is 0 Å². The third-order valence-electron chi connectivity index (χ3n) is 4.13. The summed E-state index contributed by atoms with van der Waals surface area (Å²) in [4.78, 5) is 0. The van der Waals surface area contributed by atoms with Crippen LogP contribution in [0, 0.1) is 3.57 Å². The first-order valence-corrected chi connectivity index (χ1v) is 11.5. The van der Waals surface area contributed by atoms with Gasteiger partial charge in [-0.2, -0.15) is 13.2 Å². The standard InChI is InChI=1S/C16H24F3IO3Si/c1-15(2,3)24(4,5)23-10-12(21)9-22-14-7-6-11(8-13(14)20)16(17,18)19/h6-8,12,21H,9-10H2,1-5H3. The van der Waals surface area contributed by atoms with Crippen LogP contribution in [0.5, 0.6) is 5.75 Å². The van der Waals surface area contributed by atoms with E-state index in [0.29, 0.717) is 9.32 Å². The SMILES string of the molecule is CC(C)(C)[Si](C)(C)OCC(O)COc1ccc(C(F)(F)F)cc1I. The monoisotopic (exact) mass is 476 g/mol. The van der Waals surface area contributed by atoms with Crippen molar-refractivity contribution in [3.05, 3.63) is 27.3 Å². The molecule has 0 saturated carbocycles. The second-order valence-electron chi connectivity index (χ2n) is 7.18. The van der Waals surface area contributed by atoms with Crippen LogP contribution in [0.25, 0.3) is 0 Å². The molecule has 1 rings (SSSR count). The lowest BCUT2D eigenvalue weighted by Crippen LogP contribution is -2.43. The van der Waals surface area contributed by atoms with Gasteiger partial charge in [0.15, 0.2) is 8.32 Å². The molecule has 0 radical (unpaired) electrons. The highest BCUT2D eigenvalue weighted by Crippen LogP contribution is 2.36. The zero-order valence-corrected chi connectivity index (χ0v) is 17.7. The van der Waals surface area contributed by atoms with Crippen LogP contribution in [0.15, 0.2) is 18.2 Å². The molecule has 138 valence electrons. The predicted molar refractivity (Wildman–Crippen MR) is 98.8 cm³/mol. The summed E-state index contributed by atoms with van der Waals surface area (Å²) in [5.74, 6) is 0.315. The molecule has 0 amide bonds. The van der Waals surface area contributed by atoms with Crippen LogP contribution < -0.4 is 4.74 Å². The van der Waals surface area contributed by atoms with Crippen molar-refractivity contribution in [2.45, 2.75) is 51.2 Å². The normalized spacial score (nSPS) is 14.6. The van der Waals surface area contributed by atoms with Gasteiger partial charge in [0.1, 0.15) is 18.5 Å². The number of hydrogen-bond acceptors (Lipinski definition) is 3. The number of halogens is 4. The molecule has 0 aliphatic carbocycles. The molecule has 24 heavy (non-hydrogen) atoms. The Morgan fingerprint density at radius 3 is 2.21 bits per heavy atom. The molecule has 1 N–H and O–H groups in total. The Morgan fingerprint density at radius 2 is 1.75 bits per heavy atom. The number of aliphatic hydroxyl groups excluding tert-OH is 1. The van der Waals surface area contributed by atoms with Gasteiger partial charge in [0, 0.05) is 0 Å². The molecule has 0 bridgehead atoms. The van der Waals surface area contributed by atoms with Gasteiger partial charge < -0.3 is 14.3 Å². The van der Waals surface area contributed by atoms with Crippen molar-refractivity contribution in [1.82, 2.24) is 0 Å². The second-order valence-corrected chi connectivity index (χ2v) is 13.2. The number of benzene rings is 1. The van der Waals surface area contributed by atoms with Gasteiger partial charge in [-0.3, -0.25) is 0 Å². The summed E-state index contributed by atoms with van der Waals surface area (Å²) in [5, 5.41) is 10.0. The van der Waals surface area contributed by atoms with Gasteiger partial charge in [-0.1, -0.05) is 20.8 Å². The van der Waals surface area contributed by atoms with E-state index in [1.54, 1.807) is 22.6 Å². The molecule has 0 spiro atoms. The highest BCUT2D eigenvalue weighted by Gasteiger charge is 2.37. The number of rotatable bonds is 6. The zero-order valence-electron chi connectivity index (χ0n) is 14.5. The Morgan fingerprint density at radius 1 is 1.17 bits per heavy atom. The molecule has 3 nitrogen and oxygen atoms in total. The maximum absolute atomic E-state index is 12.6. The van der Waals surface area contributed by atoms with Crippen LogP contribution in [0.1, 0.15) is 26.3 Å². The van der Waals surface area contributed by atoms with Gasteiger partial charge in [0.25, 0.3) is 0 Å². The van der Waals surface area contributed by atoms with Gasteiger partial charge in [-0.05, 0) is 58.9 Å². The molecule has 1 unspecified atom stereocenters. The average molecular weight is 476 g/mol. The summed E-state index contributed by atoms with van der Waals surface area (Å²) in [7, 11) is -1.96. The third-order valence-corrected chi connectivity index (χ3v) is 9.48. The fraction of sp³-hybridized carbons (Fsp3) is 0.625. The van der Waals surface area contributed by atoms with E-state index in [-0.39, 0.29) is 18.3 Å². The summed E-state index contributed by atoms with van der Waals surface area (Å²) < 4.78 is 49.5. The van der Waals surface area contributed by atoms with E-state index < -0.39 is 26.2 Å². The smallest absolute Gasteiger partial charge is 0.416 e. The number of ether oxygens (including phenoxy) is 1. The molecule has 1 aromatic carbocycles. The van der Waals surface area contributed by atoms with Gasteiger partial charge in [-0.25, -0.2) is 0 Å². The van der Waals surface area contributed by atoms with E-state index >= 15 is 0 Å². The largest absolute Gasteiger partial charge is 0.490 e. The summed E-state index contributed by atoms with van der Waals surface area (Å²) in [6, 6.07) is 3.26. The Hall–Kier alpha value is -0.323. The molecule has 0 saturated heterocycles. The third kappa shape index (κ3) is 6.20. The molecule has 1 atom stereocenters. The summed E-state index contributed by atoms with van der Waals surface area (Å²) >= 11 is 1.79. The van der Waals surface area contributed by atoms with Gasteiger partial charge in [0.05, 0.1) is 15.7 Å². The predicted octanol–water partition coefficient (Wildman–Crippen LogP) is 5.07. The highest BCUT2D eigenvalue weighted by molar-refractivity contribution is 14.1. The topological polar surface area (TPSA) is 38.7 Å². The van der Waals surface area contributed by atoms with E-state index in [2.05, 4.69) is 33.9 Å². The minimum absolute atomic E-state index is 0.0318. The van der Waals surface area contributed by atoms with E-state index in [4.69, 9.17) is 9.16 Å². The van der Waals surface area contributed by atoms with Crippen molar-refractivity contribution in [3.8, 4) is 5.75 Å². The fourth-order valence-electron chi connectivity index (χ4n) is 1.55. The average Bonchev–Trinajstić information content (AvgIpc) is 2.41. The summed E-state index contributed by atoms with van der Waals surface area (Å²) in [5.41, 5.74) is -0.721. The molecule has 8 heteroatoms. The fourth-order valence-corrected chi connectivity index (χ4v) is 3.26. The van der Waals surface area contributed by atoms with Crippen LogP contribution in [0.3, 0.4) is 0 Å². The quantitative estimate of drug-likeness (QED) is 0.460. The molecular formula is C16H24F3IO3Si. The Labute approximate surface area is 155 Å². The van der Waals surface area contributed by atoms with Crippen molar-refractivity contribution in [2.24, 2.45) is 0 Å². The number of hydrogen-bond donors (Lipinski definition) is 1. The van der Waals surface area contributed by atoms with Crippen LogP contribution in [-0.4, -0.2) is 32.7 Å². The molecule has 0 aliphatic rings. The molecule has 0 aromatic heterocycles. The number of aliphatic hydroxyl groups is 1. The zero-order chi connectivity index (χ0) is 18.8. The molecule has 0 fully saturated rings. The first-order chi connectivity index (χ1) is 10.7. The summed E-state index contributed by atoms with van der Waals surface area (Å²) in [6.45, 7) is 10.6. The Bertz CT molecular complexity index is 556. The van der Waals surface area contributed by atoms with E-state index in [0.717, 1.165) is 12.1 Å². The summed E-state index contributed by atoms with van der Waals surface area (Å²) in [6.07, 6.45) is -5.22. The minimum atomic E-state index is -4.38. The van der Waals surface area contributed by atoms with Crippen LogP contribution in [0.2, 0.25) is 18.1 Å². The van der Waals surface area contributed by atoms with Crippen LogP contribution >= 0.6 is 22.6 Å². The molecule has 0 aliphatic heterocycles. The number of alkyl halides is 3. The van der Waals surface area contributed by atoms with Crippen molar-refractivity contribution in [3.63, 3.8) is 0 Å². The maximum atomic E-state index is 12.6. The Balaban J connectivity index is 2.58. The second kappa shape index (κ2) is 7.92. The Kier molecular flexibility index (Phi) is 7.17. The molecule has 1 aromatic rings. The minimum Gasteiger partial charge on any atom is -0.490 e. The van der Waals surface area contributed by atoms with Gasteiger partial charge in [-0.15, -0.1) is 0 Å². The van der Waals surface area contributed by atoms with Crippen molar-refractivity contribution in [2.75, 3.05) is 13.2 Å². The lowest BCUT2D eigenvalue weighted by Gasteiger charge is -2.36. The van der Waals surface area contributed by atoms with Crippen molar-refractivity contribution >= 4 is 30.9 Å². The first kappa shape index (κ1) is 21.7. The lowest BCUT2D eigenvalue weighted by molar-refractivity contribution is -0.137. The van der Waals surface area contributed by atoms with Crippen LogP contribution in [0.4, 0.5) is 13.2 Å². The first-order valence-electron chi connectivity index (χ1n) is 7.55. The van der Waals surface area contributed by atoms with E-state index in [1.165, 1.54) is 6.07 Å². The van der Waals surface area contributed by atoms with Crippen LogP contribution in [-0.2, 0) is 10.6 Å². The highest BCUT2D eigenvalue weighted by atomic mass is 127. The maximum Gasteiger partial charge on any atom is 0.416 e. The van der Waals surface area contributed by atoms with Gasteiger partial charge >= 0.3 is 6.18 Å². The van der Waals surface area contributed by atoms with Crippen molar-refractivity contribution < 1.29 is 27.4 Å². The molecular weight excluding hydrogens is 452 g/mol. The molecule has 0 heterocycles. The van der Waals surface area contributed by atoms with E-state index in [1.807, 2.05) is 0 Å². The van der Waals surface area contributed by atoms with E-state index in [9.17, 15) is 18.3 Å². The lowest BCUT2D eigenvalue weighted by atomic mass is 10.2.